The fourth-order valence-corrected chi connectivity index (χ4v) is 2.55. The first-order valence-corrected chi connectivity index (χ1v) is 6.45. The first kappa shape index (κ1) is 14.4. The molecule has 4 atom stereocenters. The molecule has 2 aromatic rings. The van der Waals surface area contributed by atoms with Gasteiger partial charge in [-0.25, -0.2) is 15.0 Å². The standard InChI is InChI=1S/C11H15N7O4/c12-1-4-7(21-3-19)6(20)10(22-4)18-9-5(17-11(18)14)8(13)15-2-16-9/h2-4,6-7,10,20H,1,12H2,(H2,14,17)(H2,13,15,16)/t4-,6-,7-,10-/m1/s1. The molecule has 1 aliphatic rings. The largest absolute Gasteiger partial charge is 0.459 e. The van der Waals surface area contributed by atoms with Crippen LogP contribution in [-0.2, 0) is 14.3 Å². The number of nitrogens with two attached hydrogens (primary N) is 3. The van der Waals surface area contributed by atoms with Gasteiger partial charge in [-0.15, -0.1) is 0 Å². The molecular formula is C11H15N7O4. The van der Waals surface area contributed by atoms with Crippen molar-refractivity contribution in [3.8, 4) is 0 Å². The summed E-state index contributed by atoms with van der Waals surface area (Å²) in [6.45, 7) is 0.285. The molecule has 0 unspecified atom stereocenters. The second-order valence-corrected chi connectivity index (χ2v) is 4.76. The number of nitrogens with zero attached hydrogens (tertiary/aromatic N) is 4. The zero-order chi connectivity index (χ0) is 15.9. The Kier molecular flexibility index (Phi) is 3.52. The summed E-state index contributed by atoms with van der Waals surface area (Å²) in [6.07, 6.45) is -2.49. The number of aliphatic hydroxyl groups is 1. The van der Waals surface area contributed by atoms with Crippen molar-refractivity contribution in [3.05, 3.63) is 6.33 Å². The van der Waals surface area contributed by atoms with Gasteiger partial charge in [0.15, 0.2) is 29.3 Å². The first-order chi connectivity index (χ1) is 10.6. The van der Waals surface area contributed by atoms with Gasteiger partial charge in [-0.2, -0.15) is 0 Å². The summed E-state index contributed by atoms with van der Waals surface area (Å²) in [5.41, 5.74) is 17.8. The van der Waals surface area contributed by atoms with E-state index in [4.69, 9.17) is 26.7 Å². The predicted octanol–water partition coefficient (Wildman–Crippen LogP) is -2.25. The Morgan fingerprint density at radius 3 is 2.91 bits per heavy atom. The smallest absolute Gasteiger partial charge is 0.293 e. The van der Waals surface area contributed by atoms with E-state index in [-0.39, 0.29) is 24.8 Å². The highest BCUT2D eigenvalue weighted by Gasteiger charge is 2.46. The number of hydrogen-bond donors (Lipinski definition) is 4. The predicted molar refractivity (Wildman–Crippen MR) is 74.1 cm³/mol. The summed E-state index contributed by atoms with van der Waals surface area (Å²) in [4.78, 5) is 22.5. The maximum absolute atomic E-state index is 10.6. The van der Waals surface area contributed by atoms with Crippen LogP contribution in [-0.4, -0.2) is 56.0 Å². The highest BCUT2D eigenvalue weighted by molar-refractivity contribution is 5.83. The number of aromatic nitrogens is 4. The van der Waals surface area contributed by atoms with Gasteiger partial charge in [0, 0.05) is 6.54 Å². The molecule has 1 aliphatic heterocycles. The van der Waals surface area contributed by atoms with E-state index in [1.807, 2.05) is 0 Å². The number of hydrogen-bond acceptors (Lipinski definition) is 10. The molecule has 3 rings (SSSR count). The second-order valence-electron chi connectivity index (χ2n) is 4.76. The third kappa shape index (κ3) is 2.03. The monoisotopic (exact) mass is 309 g/mol. The Morgan fingerprint density at radius 2 is 2.23 bits per heavy atom. The van der Waals surface area contributed by atoms with E-state index < -0.39 is 24.5 Å². The molecule has 118 valence electrons. The molecule has 7 N–H and O–H groups in total. The summed E-state index contributed by atoms with van der Waals surface area (Å²) in [5.74, 6) is 0.188. The van der Waals surface area contributed by atoms with Crippen molar-refractivity contribution in [1.29, 1.82) is 0 Å². The highest BCUT2D eigenvalue weighted by Crippen LogP contribution is 2.35. The lowest BCUT2D eigenvalue weighted by Gasteiger charge is -2.18. The van der Waals surface area contributed by atoms with Gasteiger partial charge in [-0.3, -0.25) is 9.36 Å². The summed E-state index contributed by atoms with van der Waals surface area (Å²) >= 11 is 0. The van der Waals surface area contributed by atoms with Crippen molar-refractivity contribution in [2.24, 2.45) is 5.73 Å². The number of ether oxygens (including phenoxy) is 2. The number of anilines is 2. The average Bonchev–Trinajstić information content (AvgIpc) is 2.98. The van der Waals surface area contributed by atoms with Crippen LogP contribution in [0.2, 0.25) is 0 Å². The molecule has 3 heterocycles. The molecule has 0 bridgehead atoms. The maximum atomic E-state index is 10.6. The Hall–Kier alpha value is -2.50. The van der Waals surface area contributed by atoms with Gasteiger partial charge in [-0.05, 0) is 0 Å². The van der Waals surface area contributed by atoms with Crippen LogP contribution >= 0.6 is 0 Å². The molecule has 11 heteroatoms. The summed E-state index contributed by atoms with van der Waals surface area (Å²) in [7, 11) is 0. The first-order valence-electron chi connectivity index (χ1n) is 6.45. The van der Waals surface area contributed by atoms with E-state index in [2.05, 4.69) is 15.0 Å². The molecular weight excluding hydrogens is 294 g/mol. The van der Waals surface area contributed by atoms with Crippen LogP contribution in [0.25, 0.3) is 11.2 Å². The minimum atomic E-state index is -1.19. The van der Waals surface area contributed by atoms with Gasteiger partial charge in [0.25, 0.3) is 6.47 Å². The van der Waals surface area contributed by atoms with Crippen molar-refractivity contribution >= 4 is 29.4 Å². The van der Waals surface area contributed by atoms with Gasteiger partial charge >= 0.3 is 0 Å². The average molecular weight is 309 g/mol. The summed E-state index contributed by atoms with van der Waals surface area (Å²) < 4.78 is 11.9. The van der Waals surface area contributed by atoms with Crippen molar-refractivity contribution in [1.82, 2.24) is 19.5 Å². The minimum absolute atomic E-state index is 0.0359. The van der Waals surface area contributed by atoms with Crippen LogP contribution in [0.15, 0.2) is 6.33 Å². The van der Waals surface area contributed by atoms with Crippen LogP contribution in [0.3, 0.4) is 0 Å². The van der Waals surface area contributed by atoms with E-state index in [9.17, 15) is 9.90 Å². The maximum Gasteiger partial charge on any atom is 0.293 e. The molecule has 0 spiro atoms. The van der Waals surface area contributed by atoms with E-state index in [0.717, 1.165) is 0 Å². The lowest BCUT2D eigenvalue weighted by atomic mass is 10.1. The summed E-state index contributed by atoms with van der Waals surface area (Å²) in [5, 5.41) is 10.4. The number of imidazole rings is 1. The van der Waals surface area contributed by atoms with Gasteiger partial charge in [0.1, 0.15) is 18.5 Å². The van der Waals surface area contributed by atoms with Crippen LogP contribution in [0.4, 0.5) is 11.8 Å². The number of rotatable bonds is 4. The molecule has 0 radical (unpaired) electrons. The quantitative estimate of drug-likeness (QED) is 0.451. The van der Waals surface area contributed by atoms with Crippen molar-refractivity contribution in [2.75, 3.05) is 18.0 Å². The minimum Gasteiger partial charge on any atom is -0.459 e. The van der Waals surface area contributed by atoms with Gasteiger partial charge in [0.2, 0.25) is 5.95 Å². The molecule has 2 aromatic heterocycles. The van der Waals surface area contributed by atoms with Crippen molar-refractivity contribution in [2.45, 2.75) is 24.5 Å². The van der Waals surface area contributed by atoms with Crippen molar-refractivity contribution in [3.63, 3.8) is 0 Å². The van der Waals surface area contributed by atoms with E-state index in [1.165, 1.54) is 10.9 Å². The third-order valence-electron chi connectivity index (χ3n) is 3.54. The topological polar surface area (TPSA) is 177 Å². The second kappa shape index (κ2) is 5.36. The lowest BCUT2D eigenvalue weighted by Crippen LogP contribution is -2.37. The van der Waals surface area contributed by atoms with Crippen LogP contribution in [0, 0.1) is 0 Å². The van der Waals surface area contributed by atoms with E-state index in [1.54, 1.807) is 0 Å². The zero-order valence-corrected chi connectivity index (χ0v) is 11.4. The fraction of sp³-hybridized carbons (Fsp3) is 0.455. The van der Waals surface area contributed by atoms with Crippen LogP contribution in [0.5, 0.6) is 0 Å². The molecule has 0 aromatic carbocycles. The number of fused-ring (bicyclic) bond motifs is 1. The van der Waals surface area contributed by atoms with Crippen LogP contribution in [0.1, 0.15) is 6.23 Å². The molecule has 11 nitrogen and oxygen atoms in total. The Labute approximate surface area is 124 Å². The Morgan fingerprint density at radius 1 is 1.45 bits per heavy atom. The molecule has 0 saturated carbocycles. The van der Waals surface area contributed by atoms with E-state index >= 15 is 0 Å². The fourth-order valence-electron chi connectivity index (χ4n) is 2.55. The molecule has 1 saturated heterocycles. The Balaban J connectivity index is 2.06. The number of carbonyl (C=O) groups is 1. The SMILES string of the molecule is NC[C@H]1O[C@@H](n2c(N)nc3c(N)ncnc32)[C@H](O)[C@@H]1OC=O. The van der Waals surface area contributed by atoms with Gasteiger partial charge in [-0.1, -0.05) is 0 Å². The summed E-state index contributed by atoms with van der Waals surface area (Å²) in [6, 6.07) is 0. The molecule has 0 aliphatic carbocycles. The number of nitrogen functional groups attached to an aromatic ring is 2. The zero-order valence-electron chi connectivity index (χ0n) is 11.4. The normalized spacial score (nSPS) is 28.1. The van der Waals surface area contributed by atoms with Gasteiger partial charge < -0.3 is 31.8 Å². The number of carbonyl (C=O) groups excluding carboxylic acids is 1. The van der Waals surface area contributed by atoms with Crippen LogP contribution < -0.4 is 17.2 Å². The molecule has 1 fully saturated rings. The molecule has 0 amide bonds. The Bertz CT molecular complexity index is 705. The lowest BCUT2D eigenvalue weighted by molar-refractivity contribution is -0.139. The van der Waals surface area contributed by atoms with Gasteiger partial charge in [0.05, 0.1) is 0 Å². The van der Waals surface area contributed by atoms with Crippen molar-refractivity contribution < 1.29 is 19.4 Å². The molecule has 22 heavy (non-hydrogen) atoms. The van der Waals surface area contributed by atoms with E-state index in [0.29, 0.717) is 11.2 Å². The number of aliphatic hydroxyl groups excluding tert-OH is 1. The third-order valence-corrected chi connectivity index (χ3v) is 3.54. The highest BCUT2D eigenvalue weighted by atomic mass is 16.6.